The van der Waals surface area contributed by atoms with E-state index >= 15 is 0 Å². The molecule has 1 amide bonds. The van der Waals surface area contributed by atoms with E-state index in [4.69, 9.17) is 0 Å². The number of nitrogens with one attached hydrogen (secondary N) is 2. The van der Waals surface area contributed by atoms with Gasteiger partial charge in [-0.2, -0.15) is 5.10 Å². The van der Waals surface area contributed by atoms with Gasteiger partial charge in [0.25, 0.3) is 0 Å². The van der Waals surface area contributed by atoms with Crippen LogP contribution < -0.4 is 10.6 Å². The number of hydrogen-bond donors (Lipinski definition) is 2. The van der Waals surface area contributed by atoms with Crippen molar-refractivity contribution >= 4 is 11.9 Å². The highest BCUT2D eigenvalue weighted by molar-refractivity contribution is 5.81. The number of likely N-dealkylation sites (tertiary alicyclic amines) is 1. The molecule has 2 fully saturated rings. The molecule has 7 heteroatoms. The Labute approximate surface area is 143 Å². The average Bonchev–Trinajstić information content (AvgIpc) is 3.32. The van der Waals surface area contributed by atoms with Crippen molar-refractivity contribution in [2.75, 3.05) is 20.1 Å². The zero-order valence-electron chi connectivity index (χ0n) is 14.7. The Hall–Kier alpha value is -2.05. The average molecular weight is 332 g/mol. The van der Waals surface area contributed by atoms with Gasteiger partial charge in [-0.1, -0.05) is 12.8 Å². The van der Waals surface area contributed by atoms with E-state index in [1.807, 2.05) is 24.3 Å². The van der Waals surface area contributed by atoms with E-state index in [0.717, 1.165) is 43.9 Å². The molecular formula is C17H28N6O. The summed E-state index contributed by atoms with van der Waals surface area (Å²) in [4.78, 5) is 18.8. The Kier molecular flexibility index (Phi) is 5.37. The quantitative estimate of drug-likeness (QED) is 0.634. The zero-order chi connectivity index (χ0) is 16.9. The monoisotopic (exact) mass is 332 g/mol. The van der Waals surface area contributed by atoms with Crippen molar-refractivity contribution < 1.29 is 4.79 Å². The van der Waals surface area contributed by atoms with Gasteiger partial charge in [0.05, 0.1) is 6.20 Å². The van der Waals surface area contributed by atoms with Gasteiger partial charge in [0.1, 0.15) is 0 Å². The second kappa shape index (κ2) is 7.68. The normalized spacial score (nSPS) is 22.2. The van der Waals surface area contributed by atoms with Gasteiger partial charge in [-0.15, -0.1) is 0 Å². The standard InChI is InChI=1S/C17H28N6O/c1-18-17(19-9-13-10-20-22(2)11-13)21-15-7-8-23(12-15)16(24)14-5-3-4-6-14/h10-11,14-15H,3-9,12H2,1-2H3,(H2,18,19,21). The van der Waals surface area contributed by atoms with Crippen molar-refractivity contribution in [3.8, 4) is 0 Å². The number of guanidine groups is 1. The van der Waals surface area contributed by atoms with Crippen LogP contribution in [-0.4, -0.2) is 52.7 Å². The Balaban J connectivity index is 1.45. The van der Waals surface area contributed by atoms with Crippen LogP contribution in [0.1, 0.15) is 37.7 Å². The first kappa shape index (κ1) is 16.8. The molecule has 1 aliphatic heterocycles. The van der Waals surface area contributed by atoms with Crippen LogP contribution in [-0.2, 0) is 18.4 Å². The molecular weight excluding hydrogens is 304 g/mol. The third-order valence-electron chi connectivity index (χ3n) is 4.99. The Morgan fingerprint density at radius 3 is 2.83 bits per heavy atom. The summed E-state index contributed by atoms with van der Waals surface area (Å²) in [7, 11) is 3.68. The molecule has 0 radical (unpaired) electrons. The van der Waals surface area contributed by atoms with Crippen molar-refractivity contribution in [1.29, 1.82) is 0 Å². The van der Waals surface area contributed by atoms with E-state index in [1.54, 1.807) is 11.7 Å². The predicted octanol–water partition coefficient (Wildman–Crippen LogP) is 0.876. The number of nitrogens with zero attached hydrogens (tertiary/aromatic N) is 4. The SMILES string of the molecule is CN=C(NCc1cnn(C)c1)NC1CCN(C(=O)C2CCCC2)C1. The van der Waals surface area contributed by atoms with Gasteiger partial charge >= 0.3 is 0 Å². The highest BCUT2D eigenvalue weighted by atomic mass is 16.2. The van der Waals surface area contributed by atoms with Crippen LogP contribution in [0.5, 0.6) is 0 Å². The van der Waals surface area contributed by atoms with Crippen molar-refractivity contribution in [2.24, 2.45) is 18.0 Å². The first-order valence-corrected chi connectivity index (χ1v) is 8.89. The minimum Gasteiger partial charge on any atom is -0.352 e. The molecule has 2 heterocycles. The van der Waals surface area contributed by atoms with Crippen LogP contribution in [0.4, 0.5) is 0 Å². The lowest BCUT2D eigenvalue weighted by molar-refractivity contribution is -0.134. The molecule has 1 aliphatic carbocycles. The number of carbonyl (C=O) groups excluding carboxylic acids is 1. The minimum atomic E-state index is 0.270. The van der Waals surface area contributed by atoms with E-state index in [1.165, 1.54) is 12.8 Å². The van der Waals surface area contributed by atoms with Gasteiger partial charge in [0.15, 0.2) is 5.96 Å². The number of aryl methyl sites for hydroxylation is 1. The van der Waals surface area contributed by atoms with Gasteiger partial charge in [-0.25, -0.2) is 0 Å². The highest BCUT2D eigenvalue weighted by Crippen LogP contribution is 2.27. The summed E-state index contributed by atoms with van der Waals surface area (Å²) in [6.07, 6.45) is 9.36. The molecule has 0 spiro atoms. The molecule has 1 atom stereocenters. The summed E-state index contributed by atoms with van der Waals surface area (Å²) in [5.41, 5.74) is 1.12. The molecule has 7 nitrogen and oxygen atoms in total. The van der Waals surface area contributed by atoms with Crippen LogP contribution >= 0.6 is 0 Å². The fourth-order valence-electron chi connectivity index (χ4n) is 3.65. The van der Waals surface area contributed by atoms with Gasteiger partial charge in [0.2, 0.25) is 5.91 Å². The maximum Gasteiger partial charge on any atom is 0.225 e. The second-order valence-corrected chi connectivity index (χ2v) is 6.84. The van der Waals surface area contributed by atoms with Crippen LogP contribution in [0.15, 0.2) is 17.4 Å². The van der Waals surface area contributed by atoms with E-state index in [0.29, 0.717) is 12.5 Å². The fraction of sp³-hybridized carbons (Fsp3) is 0.706. The topological polar surface area (TPSA) is 74.6 Å². The summed E-state index contributed by atoms with van der Waals surface area (Å²) in [5, 5.41) is 10.9. The summed E-state index contributed by atoms with van der Waals surface area (Å²) in [5.74, 6) is 1.40. The molecule has 2 N–H and O–H groups in total. The lowest BCUT2D eigenvalue weighted by atomic mass is 10.1. The Morgan fingerprint density at radius 1 is 1.38 bits per heavy atom. The molecule has 1 aromatic rings. The zero-order valence-corrected chi connectivity index (χ0v) is 14.7. The number of rotatable bonds is 4. The van der Waals surface area contributed by atoms with Crippen molar-refractivity contribution in [3.05, 3.63) is 18.0 Å². The maximum atomic E-state index is 12.5. The largest absolute Gasteiger partial charge is 0.352 e. The van der Waals surface area contributed by atoms with Crippen LogP contribution in [0, 0.1) is 5.92 Å². The smallest absolute Gasteiger partial charge is 0.225 e. The first-order valence-electron chi connectivity index (χ1n) is 8.89. The maximum absolute atomic E-state index is 12.5. The lowest BCUT2D eigenvalue weighted by Gasteiger charge is -2.21. The van der Waals surface area contributed by atoms with Gasteiger partial charge in [0, 0.05) is 57.4 Å². The first-order chi connectivity index (χ1) is 11.7. The summed E-state index contributed by atoms with van der Waals surface area (Å²) < 4.78 is 1.79. The van der Waals surface area contributed by atoms with Crippen LogP contribution in [0.25, 0.3) is 0 Å². The minimum absolute atomic E-state index is 0.270. The van der Waals surface area contributed by atoms with Gasteiger partial charge < -0.3 is 15.5 Å². The number of carbonyl (C=O) groups is 1. The molecule has 24 heavy (non-hydrogen) atoms. The molecule has 132 valence electrons. The van der Waals surface area contributed by atoms with Crippen molar-refractivity contribution in [3.63, 3.8) is 0 Å². The van der Waals surface area contributed by atoms with Gasteiger partial charge in [-0.3, -0.25) is 14.5 Å². The Morgan fingerprint density at radius 2 is 2.17 bits per heavy atom. The summed E-state index contributed by atoms with van der Waals surface area (Å²) >= 11 is 0. The molecule has 0 aromatic carbocycles. The highest BCUT2D eigenvalue weighted by Gasteiger charge is 2.32. The molecule has 1 saturated heterocycles. The summed E-state index contributed by atoms with van der Waals surface area (Å²) in [6, 6.07) is 0.274. The van der Waals surface area contributed by atoms with E-state index in [-0.39, 0.29) is 12.0 Å². The number of aliphatic imine (C=N–C) groups is 1. The van der Waals surface area contributed by atoms with Crippen LogP contribution in [0.3, 0.4) is 0 Å². The number of hydrogen-bond acceptors (Lipinski definition) is 3. The molecule has 3 rings (SSSR count). The van der Waals surface area contributed by atoms with E-state index in [9.17, 15) is 4.79 Å². The molecule has 1 unspecified atom stereocenters. The molecule has 1 aromatic heterocycles. The number of amides is 1. The molecule has 1 saturated carbocycles. The van der Waals surface area contributed by atoms with Crippen molar-refractivity contribution in [1.82, 2.24) is 25.3 Å². The lowest BCUT2D eigenvalue weighted by Crippen LogP contribution is -2.45. The van der Waals surface area contributed by atoms with Crippen LogP contribution in [0.2, 0.25) is 0 Å². The summed E-state index contributed by atoms with van der Waals surface area (Å²) in [6.45, 7) is 2.32. The van der Waals surface area contributed by atoms with E-state index in [2.05, 4.69) is 20.7 Å². The van der Waals surface area contributed by atoms with E-state index < -0.39 is 0 Å². The second-order valence-electron chi connectivity index (χ2n) is 6.84. The third-order valence-corrected chi connectivity index (χ3v) is 4.99. The molecule has 0 bridgehead atoms. The predicted molar refractivity (Wildman–Crippen MR) is 93.5 cm³/mol. The van der Waals surface area contributed by atoms with Gasteiger partial charge in [-0.05, 0) is 19.3 Å². The Bertz CT molecular complexity index is 590. The molecule has 2 aliphatic rings. The van der Waals surface area contributed by atoms with Crippen molar-refractivity contribution in [2.45, 2.75) is 44.7 Å². The third kappa shape index (κ3) is 4.07. The fourth-order valence-corrected chi connectivity index (χ4v) is 3.65. The number of aromatic nitrogens is 2.